The SMILES string of the molecule is CCOC(=O)N1CCC(S(=O)(=O)Oc2ccc(F)c(F)c2)CC1. The number of rotatable bonds is 4. The molecule has 0 bridgehead atoms. The normalized spacial score (nSPS) is 16.2. The molecule has 1 fully saturated rings. The summed E-state index contributed by atoms with van der Waals surface area (Å²) in [5.74, 6) is -2.55. The number of hydrogen-bond donors (Lipinski definition) is 0. The van der Waals surface area contributed by atoms with Crippen molar-refractivity contribution >= 4 is 16.2 Å². The van der Waals surface area contributed by atoms with Crippen LogP contribution in [-0.4, -0.2) is 44.4 Å². The average molecular weight is 349 g/mol. The van der Waals surface area contributed by atoms with Crippen LogP contribution < -0.4 is 4.18 Å². The molecular formula is C14H17F2NO5S. The van der Waals surface area contributed by atoms with Gasteiger partial charge in [-0.2, -0.15) is 8.42 Å². The highest BCUT2D eigenvalue weighted by molar-refractivity contribution is 7.87. The number of likely N-dealkylation sites (tertiary alicyclic amines) is 1. The summed E-state index contributed by atoms with van der Waals surface area (Å²) in [5, 5.41) is -0.818. The van der Waals surface area contributed by atoms with E-state index in [9.17, 15) is 22.0 Å². The maximum Gasteiger partial charge on any atom is 0.409 e. The second kappa shape index (κ2) is 7.12. The zero-order valence-electron chi connectivity index (χ0n) is 12.5. The molecular weight excluding hydrogens is 332 g/mol. The fraction of sp³-hybridized carbons (Fsp3) is 0.500. The molecule has 2 rings (SSSR count). The molecule has 1 aliphatic heterocycles. The molecule has 0 aliphatic carbocycles. The molecule has 0 N–H and O–H groups in total. The molecule has 0 atom stereocenters. The molecule has 23 heavy (non-hydrogen) atoms. The van der Waals surface area contributed by atoms with Gasteiger partial charge in [-0.1, -0.05) is 0 Å². The van der Waals surface area contributed by atoms with Crippen LogP contribution in [0.2, 0.25) is 0 Å². The summed E-state index contributed by atoms with van der Waals surface area (Å²) in [6.45, 7) is 2.38. The molecule has 0 spiro atoms. The Labute approximate surface area is 133 Å². The Morgan fingerprint density at radius 3 is 2.48 bits per heavy atom. The first-order valence-electron chi connectivity index (χ1n) is 7.13. The van der Waals surface area contributed by atoms with Crippen molar-refractivity contribution in [1.82, 2.24) is 4.90 Å². The Morgan fingerprint density at radius 2 is 1.91 bits per heavy atom. The molecule has 0 saturated carbocycles. The Balaban J connectivity index is 1.98. The molecule has 1 aromatic rings. The zero-order valence-corrected chi connectivity index (χ0v) is 13.3. The van der Waals surface area contributed by atoms with Crippen LogP contribution in [0.4, 0.5) is 13.6 Å². The summed E-state index contributed by atoms with van der Waals surface area (Å²) in [7, 11) is -4.00. The first kappa shape index (κ1) is 17.5. The maximum atomic E-state index is 13.1. The van der Waals surface area contributed by atoms with Crippen molar-refractivity contribution in [2.24, 2.45) is 0 Å². The van der Waals surface area contributed by atoms with Gasteiger partial charge in [0.15, 0.2) is 11.6 Å². The van der Waals surface area contributed by atoms with E-state index in [1.807, 2.05) is 0 Å². The lowest BCUT2D eigenvalue weighted by Crippen LogP contribution is -2.43. The number of piperidine rings is 1. The Bertz CT molecular complexity index is 672. The minimum Gasteiger partial charge on any atom is -0.450 e. The summed E-state index contributed by atoms with van der Waals surface area (Å²) >= 11 is 0. The zero-order chi connectivity index (χ0) is 17.0. The number of benzene rings is 1. The van der Waals surface area contributed by atoms with Gasteiger partial charge < -0.3 is 13.8 Å². The predicted molar refractivity (Wildman–Crippen MR) is 77.5 cm³/mol. The summed E-state index contributed by atoms with van der Waals surface area (Å²) < 4.78 is 60.0. The van der Waals surface area contributed by atoms with E-state index in [2.05, 4.69) is 0 Å². The lowest BCUT2D eigenvalue weighted by molar-refractivity contribution is 0.0997. The number of nitrogens with zero attached hydrogens (tertiary/aromatic N) is 1. The summed E-state index contributed by atoms with van der Waals surface area (Å²) in [4.78, 5) is 13.0. The second-order valence-electron chi connectivity index (χ2n) is 5.04. The fourth-order valence-corrected chi connectivity index (χ4v) is 3.57. The maximum absolute atomic E-state index is 13.1. The first-order valence-corrected chi connectivity index (χ1v) is 8.60. The van der Waals surface area contributed by atoms with Crippen LogP contribution in [0.1, 0.15) is 19.8 Å². The van der Waals surface area contributed by atoms with E-state index in [0.29, 0.717) is 6.07 Å². The van der Waals surface area contributed by atoms with E-state index in [4.69, 9.17) is 8.92 Å². The molecule has 1 heterocycles. The summed E-state index contributed by atoms with van der Waals surface area (Å²) in [6.07, 6.45) is -0.111. The Kier molecular flexibility index (Phi) is 5.40. The highest BCUT2D eigenvalue weighted by atomic mass is 32.2. The van der Waals surface area contributed by atoms with E-state index >= 15 is 0 Å². The van der Waals surface area contributed by atoms with E-state index in [-0.39, 0.29) is 38.3 Å². The van der Waals surface area contributed by atoms with Gasteiger partial charge >= 0.3 is 16.2 Å². The van der Waals surface area contributed by atoms with E-state index in [1.54, 1.807) is 6.92 Å². The van der Waals surface area contributed by atoms with Gasteiger partial charge in [0.2, 0.25) is 0 Å². The minimum atomic E-state index is -4.00. The topological polar surface area (TPSA) is 72.9 Å². The van der Waals surface area contributed by atoms with Crippen LogP contribution in [0.3, 0.4) is 0 Å². The third-order valence-corrected chi connectivity index (χ3v) is 5.19. The van der Waals surface area contributed by atoms with Crippen LogP contribution in [0.5, 0.6) is 5.75 Å². The number of halogens is 2. The van der Waals surface area contributed by atoms with E-state index in [1.165, 1.54) is 4.90 Å². The quantitative estimate of drug-likeness (QED) is 0.780. The summed E-state index contributed by atoms with van der Waals surface area (Å²) in [5.41, 5.74) is 0. The molecule has 1 saturated heterocycles. The van der Waals surface area contributed by atoms with Crippen molar-refractivity contribution in [2.75, 3.05) is 19.7 Å². The lowest BCUT2D eigenvalue weighted by Gasteiger charge is -2.30. The van der Waals surface area contributed by atoms with Crippen LogP contribution in [-0.2, 0) is 14.9 Å². The van der Waals surface area contributed by atoms with Crippen LogP contribution in [0, 0.1) is 11.6 Å². The van der Waals surface area contributed by atoms with Crippen LogP contribution in [0.25, 0.3) is 0 Å². The van der Waals surface area contributed by atoms with Crippen molar-refractivity contribution in [3.05, 3.63) is 29.8 Å². The number of ether oxygens (including phenoxy) is 1. The smallest absolute Gasteiger partial charge is 0.409 e. The molecule has 0 radical (unpaired) electrons. The molecule has 1 aromatic carbocycles. The number of carbonyl (C=O) groups is 1. The molecule has 128 valence electrons. The lowest BCUT2D eigenvalue weighted by atomic mass is 10.1. The van der Waals surface area contributed by atoms with Crippen molar-refractivity contribution in [2.45, 2.75) is 25.0 Å². The third kappa shape index (κ3) is 4.31. The average Bonchev–Trinajstić information content (AvgIpc) is 2.51. The van der Waals surface area contributed by atoms with Crippen molar-refractivity contribution in [1.29, 1.82) is 0 Å². The molecule has 6 nitrogen and oxygen atoms in total. The molecule has 1 aliphatic rings. The van der Waals surface area contributed by atoms with Gasteiger partial charge in [-0.25, -0.2) is 13.6 Å². The molecule has 0 aromatic heterocycles. The van der Waals surface area contributed by atoms with Gasteiger partial charge in [0.05, 0.1) is 6.61 Å². The first-order chi connectivity index (χ1) is 10.8. The van der Waals surface area contributed by atoms with Crippen molar-refractivity contribution < 1.29 is 30.9 Å². The number of hydrogen-bond acceptors (Lipinski definition) is 5. The van der Waals surface area contributed by atoms with Gasteiger partial charge in [-0.15, -0.1) is 0 Å². The number of carbonyl (C=O) groups excluding carboxylic acids is 1. The third-order valence-electron chi connectivity index (χ3n) is 3.48. The fourth-order valence-electron chi connectivity index (χ4n) is 2.27. The van der Waals surface area contributed by atoms with E-state index in [0.717, 1.165) is 12.1 Å². The van der Waals surface area contributed by atoms with Crippen molar-refractivity contribution in [3.63, 3.8) is 0 Å². The predicted octanol–water partition coefficient (Wildman–Crippen LogP) is 2.29. The highest BCUT2D eigenvalue weighted by Gasteiger charge is 2.33. The largest absolute Gasteiger partial charge is 0.450 e. The minimum absolute atomic E-state index is 0.185. The Morgan fingerprint density at radius 1 is 1.26 bits per heavy atom. The van der Waals surface area contributed by atoms with Gasteiger partial charge in [-0.05, 0) is 31.9 Å². The van der Waals surface area contributed by atoms with E-state index < -0.39 is 33.1 Å². The molecule has 9 heteroatoms. The second-order valence-corrected chi connectivity index (χ2v) is 6.86. The monoisotopic (exact) mass is 349 g/mol. The number of amides is 1. The van der Waals surface area contributed by atoms with Crippen LogP contribution in [0.15, 0.2) is 18.2 Å². The van der Waals surface area contributed by atoms with Crippen molar-refractivity contribution in [3.8, 4) is 5.75 Å². The molecule has 0 unspecified atom stereocenters. The molecule has 1 amide bonds. The standard InChI is InChI=1S/C14H17F2NO5S/c1-2-21-14(18)17-7-5-11(6-8-17)23(19,20)22-10-3-4-12(15)13(16)9-10/h3-4,9,11H,2,5-8H2,1H3. The van der Waals surface area contributed by atoms with Gasteiger partial charge in [-0.3, -0.25) is 0 Å². The van der Waals surface area contributed by atoms with Gasteiger partial charge in [0.25, 0.3) is 0 Å². The van der Waals surface area contributed by atoms with Crippen LogP contribution >= 0.6 is 0 Å². The Hall–Kier alpha value is -1.90. The summed E-state index contributed by atoms with van der Waals surface area (Å²) in [6, 6.07) is 2.52. The highest BCUT2D eigenvalue weighted by Crippen LogP contribution is 2.23. The van der Waals surface area contributed by atoms with Gasteiger partial charge in [0.1, 0.15) is 11.0 Å². The van der Waals surface area contributed by atoms with Gasteiger partial charge in [0, 0.05) is 19.2 Å².